The van der Waals surface area contributed by atoms with Crippen molar-refractivity contribution >= 4 is 23.2 Å². The molecule has 0 saturated carbocycles. The van der Waals surface area contributed by atoms with E-state index in [4.69, 9.17) is 16.3 Å². The maximum atomic E-state index is 13.0. The molecule has 2 aromatic carbocycles. The number of rotatable bonds is 8. The number of pyridine rings is 1. The summed E-state index contributed by atoms with van der Waals surface area (Å²) >= 11 is 6.31. The van der Waals surface area contributed by atoms with Crippen molar-refractivity contribution in [2.24, 2.45) is 0 Å². The summed E-state index contributed by atoms with van der Waals surface area (Å²) < 4.78 is 7.52. The molecular formula is C26H25ClN6O3. The van der Waals surface area contributed by atoms with Crippen LogP contribution in [-0.4, -0.2) is 44.0 Å². The Labute approximate surface area is 213 Å². The van der Waals surface area contributed by atoms with Gasteiger partial charge in [0.05, 0.1) is 32.4 Å². The standard InChI is InChI=1S/C26H25ClN6O3/c27-22-6-2-5-20-21(22)15-36-16-23(20)30-26(35)18-3-1-4-19(13-18)29-14-24-31-32-25(33(24)11-12-34)17-7-9-28-10-8-17/h1-10,13,23,29,34H,11-12,14-16H2,(H,30,35)/t23-/m1/s1. The highest BCUT2D eigenvalue weighted by molar-refractivity contribution is 6.31. The number of carbonyl (C=O) groups is 1. The summed E-state index contributed by atoms with van der Waals surface area (Å²) in [5.74, 6) is 1.12. The van der Waals surface area contributed by atoms with Gasteiger partial charge in [0.2, 0.25) is 0 Å². The van der Waals surface area contributed by atoms with Crippen LogP contribution in [0.1, 0.15) is 33.4 Å². The number of amides is 1. The second kappa shape index (κ2) is 10.9. The monoisotopic (exact) mass is 504 g/mol. The minimum absolute atomic E-state index is 0.0436. The fourth-order valence-corrected chi connectivity index (χ4v) is 4.49. The average Bonchev–Trinajstić information content (AvgIpc) is 3.31. The van der Waals surface area contributed by atoms with Crippen molar-refractivity contribution in [3.63, 3.8) is 0 Å². The lowest BCUT2D eigenvalue weighted by Crippen LogP contribution is -2.34. The van der Waals surface area contributed by atoms with Crippen LogP contribution < -0.4 is 10.6 Å². The highest BCUT2D eigenvalue weighted by Crippen LogP contribution is 2.30. The Balaban J connectivity index is 1.29. The SMILES string of the molecule is O=C(N[C@@H]1COCc2c(Cl)cccc21)c1cccc(NCc2nnc(-c3ccncc3)n2CCO)c1. The molecule has 1 aliphatic rings. The predicted molar refractivity (Wildman–Crippen MR) is 135 cm³/mol. The van der Waals surface area contributed by atoms with E-state index in [0.29, 0.717) is 48.5 Å². The third-order valence-electron chi connectivity index (χ3n) is 6.03. The van der Waals surface area contributed by atoms with Crippen LogP contribution in [0, 0.1) is 0 Å². The molecule has 1 aliphatic heterocycles. The number of aliphatic hydroxyl groups excluding tert-OH is 1. The molecule has 0 saturated heterocycles. The second-order valence-corrected chi connectivity index (χ2v) is 8.74. The van der Waals surface area contributed by atoms with Crippen LogP contribution in [0.15, 0.2) is 67.0 Å². The molecule has 0 fully saturated rings. The molecular weight excluding hydrogens is 480 g/mol. The summed E-state index contributed by atoms with van der Waals surface area (Å²) in [6.07, 6.45) is 3.38. The number of anilines is 1. The predicted octanol–water partition coefficient (Wildman–Crippen LogP) is 3.60. The minimum atomic E-state index is -0.278. The van der Waals surface area contributed by atoms with Gasteiger partial charge < -0.3 is 25.0 Å². The molecule has 1 amide bonds. The average molecular weight is 505 g/mol. The van der Waals surface area contributed by atoms with Crippen molar-refractivity contribution in [3.05, 3.63) is 94.5 Å². The quantitative estimate of drug-likeness (QED) is 0.336. The minimum Gasteiger partial charge on any atom is -0.395 e. The first kappa shape index (κ1) is 23.9. The number of nitrogens with one attached hydrogen (secondary N) is 2. The Morgan fingerprint density at radius 2 is 1.97 bits per heavy atom. The molecule has 2 aromatic heterocycles. The van der Waals surface area contributed by atoms with E-state index < -0.39 is 0 Å². The molecule has 4 aromatic rings. The lowest BCUT2D eigenvalue weighted by atomic mass is 9.98. The van der Waals surface area contributed by atoms with Crippen LogP contribution >= 0.6 is 11.6 Å². The Morgan fingerprint density at radius 3 is 2.81 bits per heavy atom. The summed E-state index contributed by atoms with van der Waals surface area (Å²) in [5.41, 5.74) is 4.03. The van der Waals surface area contributed by atoms with Crippen molar-refractivity contribution in [1.82, 2.24) is 25.1 Å². The van der Waals surface area contributed by atoms with E-state index in [9.17, 15) is 9.90 Å². The first-order valence-electron chi connectivity index (χ1n) is 11.6. The highest BCUT2D eigenvalue weighted by atomic mass is 35.5. The fourth-order valence-electron chi connectivity index (χ4n) is 4.25. The molecule has 36 heavy (non-hydrogen) atoms. The summed E-state index contributed by atoms with van der Waals surface area (Å²) in [7, 11) is 0. The number of hydrogen-bond donors (Lipinski definition) is 3. The molecule has 184 valence electrons. The summed E-state index contributed by atoms with van der Waals surface area (Å²) in [5, 5.41) is 25.2. The lowest BCUT2D eigenvalue weighted by Gasteiger charge is -2.27. The van der Waals surface area contributed by atoms with E-state index in [1.807, 2.05) is 47.0 Å². The zero-order valence-electron chi connectivity index (χ0n) is 19.4. The van der Waals surface area contributed by atoms with E-state index in [1.54, 1.807) is 24.5 Å². The Kier molecular flexibility index (Phi) is 7.22. The molecule has 0 unspecified atom stereocenters. The number of carbonyl (C=O) groups excluding carboxylic acids is 1. The van der Waals surface area contributed by atoms with Gasteiger partial charge in [-0.15, -0.1) is 10.2 Å². The zero-order valence-corrected chi connectivity index (χ0v) is 20.2. The maximum absolute atomic E-state index is 13.0. The number of halogens is 1. The Bertz CT molecular complexity index is 1360. The van der Waals surface area contributed by atoms with Crippen LogP contribution in [0.5, 0.6) is 0 Å². The van der Waals surface area contributed by atoms with Gasteiger partial charge in [-0.1, -0.05) is 29.8 Å². The van der Waals surface area contributed by atoms with Gasteiger partial charge in [-0.25, -0.2) is 0 Å². The van der Waals surface area contributed by atoms with E-state index >= 15 is 0 Å². The third-order valence-corrected chi connectivity index (χ3v) is 6.39. The molecule has 0 bridgehead atoms. The van der Waals surface area contributed by atoms with Crippen molar-refractivity contribution in [1.29, 1.82) is 0 Å². The van der Waals surface area contributed by atoms with E-state index in [2.05, 4.69) is 25.8 Å². The number of aromatic nitrogens is 4. The molecule has 0 radical (unpaired) electrons. The van der Waals surface area contributed by atoms with Crippen LogP contribution in [-0.2, 0) is 24.4 Å². The van der Waals surface area contributed by atoms with Crippen LogP contribution in [0.3, 0.4) is 0 Å². The molecule has 0 spiro atoms. The van der Waals surface area contributed by atoms with Gasteiger partial charge in [0.25, 0.3) is 5.91 Å². The molecule has 1 atom stereocenters. The smallest absolute Gasteiger partial charge is 0.251 e. The maximum Gasteiger partial charge on any atom is 0.251 e. The van der Waals surface area contributed by atoms with Gasteiger partial charge >= 0.3 is 0 Å². The third kappa shape index (κ3) is 5.08. The molecule has 3 heterocycles. The van der Waals surface area contributed by atoms with E-state index in [-0.39, 0.29) is 18.6 Å². The van der Waals surface area contributed by atoms with Crippen molar-refractivity contribution in [3.8, 4) is 11.4 Å². The van der Waals surface area contributed by atoms with Crippen LogP contribution in [0.25, 0.3) is 11.4 Å². The normalized spacial score (nSPS) is 14.8. The van der Waals surface area contributed by atoms with Gasteiger partial charge in [0.1, 0.15) is 0 Å². The highest BCUT2D eigenvalue weighted by Gasteiger charge is 2.24. The first-order chi connectivity index (χ1) is 17.6. The van der Waals surface area contributed by atoms with Crippen molar-refractivity contribution in [2.75, 3.05) is 18.5 Å². The molecule has 10 heteroatoms. The summed E-state index contributed by atoms with van der Waals surface area (Å²) in [4.78, 5) is 17.1. The number of fused-ring (bicyclic) bond motifs is 1. The largest absolute Gasteiger partial charge is 0.395 e. The Hall–Kier alpha value is -3.79. The fraction of sp³-hybridized carbons (Fsp3) is 0.231. The van der Waals surface area contributed by atoms with Gasteiger partial charge in [0, 0.05) is 46.3 Å². The van der Waals surface area contributed by atoms with Gasteiger partial charge in [-0.3, -0.25) is 9.78 Å². The van der Waals surface area contributed by atoms with Crippen LogP contribution in [0.2, 0.25) is 5.02 Å². The van der Waals surface area contributed by atoms with Gasteiger partial charge in [-0.05, 0) is 42.0 Å². The second-order valence-electron chi connectivity index (χ2n) is 8.33. The van der Waals surface area contributed by atoms with E-state index in [1.165, 1.54) is 0 Å². The number of aliphatic hydroxyl groups is 1. The zero-order chi connectivity index (χ0) is 24.9. The lowest BCUT2D eigenvalue weighted by molar-refractivity contribution is 0.0708. The van der Waals surface area contributed by atoms with E-state index in [0.717, 1.165) is 22.4 Å². The summed E-state index contributed by atoms with van der Waals surface area (Å²) in [6.45, 7) is 1.50. The van der Waals surface area contributed by atoms with Crippen molar-refractivity contribution < 1.29 is 14.6 Å². The molecule has 0 aliphatic carbocycles. The summed E-state index contributed by atoms with van der Waals surface area (Å²) in [6, 6.07) is 16.3. The van der Waals surface area contributed by atoms with Crippen LogP contribution in [0.4, 0.5) is 5.69 Å². The van der Waals surface area contributed by atoms with Gasteiger partial charge in [-0.2, -0.15) is 0 Å². The number of ether oxygens (including phenoxy) is 1. The number of benzene rings is 2. The van der Waals surface area contributed by atoms with Gasteiger partial charge in [0.15, 0.2) is 11.6 Å². The number of nitrogens with zero attached hydrogens (tertiary/aromatic N) is 4. The Morgan fingerprint density at radius 1 is 1.14 bits per heavy atom. The van der Waals surface area contributed by atoms with Crippen molar-refractivity contribution in [2.45, 2.75) is 25.7 Å². The topological polar surface area (TPSA) is 114 Å². The molecule has 5 rings (SSSR count). The molecule has 3 N–H and O–H groups in total. The first-order valence-corrected chi connectivity index (χ1v) is 11.9. The molecule has 9 nitrogen and oxygen atoms in total. The number of hydrogen-bond acceptors (Lipinski definition) is 7.